The Labute approximate surface area is 128 Å². The number of fused-ring (bicyclic) bond motifs is 4. The van der Waals surface area contributed by atoms with Gasteiger partial charge in [-0.1, -0.05) is 44.9 Å². The number of nitrogens with one attached hydrogen (secondary N) is 1. The van der Waals surface area contributed by atoms with Gasteiger partial charge in [-0.05, 0) is 42.9 Å². The summed E-state index contributed by atoms with van der Waals surface area (Å²) in [5.41, 5.74) is 3.38. The molecule has 4 rings (SSSR count). The van der Waals surface area contributed by atoms with Crippen molar-refractivity contribution in [1.82, 2.24) is 4.90 Å². The Kier molecular flexibility index (Phi) is 3.25. The first-order valence-corrected chi connectivity index (χ1v) is 8.86. The van der Waals surface area contributed by atoms with E-state index < -0.39 is 0 Å². The second-order valence-corrected chi connectivity index (χ2v) is 7.39. The molecule has 1 spiro atoms. The summed E-state index contributed by atoms with van der Waals surface area (Å²) in [5, 5.41) is 3.70. The topological polar surface area (TPSA) is 15.3 Å². The molecule has 0 unspecified atom stereocenters. The highest BCUT2D eigenvalue weighted by molar-refractivity contribution is 5.61. The molecule has 3 aliphatic rings. The molecule has 2 saturated heterocycles. The van der Waals surface area contributed by atoms with E-state index in [2.05, 4.69) is 48.3 Å². The van der Waals surface area contributed by atoms with Crippen LogP contribution < -0.4 is 5.32 Å². The van der Waals surface area contributed by atoms with E-state index in [0.29, 0.717) is 5.41 Å². The molecule has 0 aromatic heterocycles. The maximum absolute atomic E-state index is 3.70. The zero-order valence-electron chi connectivity index (χ0n) is 13.4. The minimum absolute atomic E-state index is 0.392. The van der Waals surface area contributed by atoms with Gasteiger partial charge in [0.05, 0.1) is 0 Å². The van der Waals surface area contributed by atoms with E-state index in [1.54, 1.807) is 5.56 Å². The maximum atomic E-state index is 3.70. The molecular weight excluding hydrogens is 256 g/mol. The summed E-state index contributed by atoms with van der Waals surface area (Å²) < 4.78 is 0. The van der Waals surface area contributed by atoms with Gasteiger partial charge in [-0.2, -0.15) is 0 Å². The third-order valence-electron chi connectivity index (χ3n) is 6.69. The Morgan fingerprint density at radius 1 is 1.19 bits per heavy atom. The fourth-order valence-corrected chi connectivity index (χ4v) is 5.44. The summed E-state index contributed by atoms with van der Waals surface area (Å²) >= 11 is 0. The van der Waals surface area contributed by atoms with Gasteiger partial charge in [-0.15, -0.1) is 0 Å². The highest BCUT2D eigenvalue weighted by Gasteiger charge is 2.54. The van der Waals surface area contributed by atoms with Gasteiger partial charge in [0.25, 0.3) is 0 Å². The number of hydrogen-bond acceptors (Lipinski definition) is 2. The Hall–Kier alpha value is -1.02. The lowest BCUT2D eigenvalue weighted by atomic mass is 9.69. The minimum atomic E-state index is 0.392. The smallest absolute Gasteiger partial charge is 0.0380 e. The van der Waals surface area contributed by atoms with Crippen LogP contribution in [-0.4, -0.2) is 30.6 Å². The van der Waals surface area contributed by atoms with Crippen LogP contribution in [0.5, 0.6) is 0 Å². The van der Waals surface area contributed by atoms with Crippen molar-refractivity contribution in [2.24, 2.45) is 11.8 Å². The zero-order chi connectivity index (χ0) is 14.4. The number of benzene rings is 1. The van der Waals surface area contributed by atoms with Crippen LogP contribution in [0.4, 0.5) is 5.69 Å². The van der Waals surface area contributed by atoms with Crippen LogP contribution in [0, 0.1) is 11.8 Å². The summed E-state index contributed by atoms with van der Waals surface area (Å²) in [6.45, 7) is 8.56. The number of piperidine rings is 1. The fraction of sp³-hybridized carbons (Fsp3) is 0.684. The Morgan fingerprint density at radius 2 is 2.00 bits per heavy atom. The standard InChI is InChI=1S/C19H28N2/c1-3-14-11-18-19(9-10-21(18)12-15(14)4-2)13-20-17-8-6-5-7-16(17)19/h5-8,14-15,18,20H,3-4,9-13H2,1-2H3/t14-,15+,18-,19-/m0/s1. The van der Waals surface area contributed by atoms with Crippen LogP contribution in [0.3, 0.4) is 0 Å². The molecule has 2 nitrogen and oxygen atoms in total. The molecule has 2 fully saturated rings. The monoisotopic (exact) mass is 284 g/mol. The average molecular weight is 284 g/mol. The molecule has 1 aromatic rings. The molecule has 21 heavy (non-hydrogen) atoms. The van der Waals surface area contributed by atoms with Crippen molar-refractivity contribution in [3.05, 3.63) is 29.8 Å². The van der Waals surface area contributed by atoms with Crippen molar-refractivity contribution in [2.45, 2.75) is 51.0 Å². The van der Waals surface area contributed by atoms with Gasteiger partial charge in [0, 0.05) is 30.2 Å². The molecule has 2 heteroatoms. The van der Waals surface area contributed by atoms with Gasteiger partial charge in [0.1, 0.15) is 0 Å². The summed E-state index contributed by atoms with van der Waals surface area (Å²) in [6, 6.07) is 9.81. The van der Waals surface area contributed by atoms with Crippen LogP contribution in [0.25, 0.3) is 0 Å². The second-order valence-electron chi connectivity index (χ2n) is 7.39. The number of para-hydroxylation sites is 1. The van der Waals surface area contributed by atoms with Crippen LogP contribution in [0.1, 0.15) is 45.1 Å². The summed E-state index contributed by atoms with van der Waals surface area (Å²) in [7, 11) is 0. The lowest BCUT2D eigenvalue weighted by Crippen LogP contribution is -2.51. The van der Waals surface area contributed by atoms with Crippen molar-refractivity contribution >= 4 is 5.69 Å². The highest BCUT2D eigenvalue weighted by atomic mass is 15.2. The van der Waals surface area contributed by atoms with E-state index in [1.807, 2.05) is 0 Å². The van der Waals surface area contributed by atoms with Crippen molar-refractivity contribution in [3.63, 3.8) is 0 Å². The van der Waals surface area contributed by atoms with Crippen LogP contribution in [-0.2, 0) is 5.41 Å². The molecule has 3 aliphatic heterocycles. The number of nitrogens with zero attached hydrogens (tertiary/aromatic N) is 1. The van der Waals surface area contributed by atoms with Crippen molar-refractivity contribution in [2.75, 3.05) is 25.0 Å². The Balaban J connectivity index is 1.68. The average Bonchev–Trinajstić information content (AvgIpc) is 3.09. The molecule has 0 amide bonds. The van der Waals surface area contributed by atoms with E-state index in [9.17, 15) is 0 Å². The molecule has 0 radical (unpaired) electrons. The number of anilines is 1. The van der Waals surface area contributed by atoms with E-state index in [4.69, 9.17) is 0 Å². The summed E-state index contributed by atoms with van der Waals surface area (Å²) in [6.07, 6.45) is 5.46. The van der Waals surface area contributed by atoms with Crippen LogP contribution >= 0.6 is 0 Å². The molecule has 4 atom stereocenters. The first-order valence-electron chi connectivity index (χ1n) is 8.86. The molecule has 1 aromatic carbocycles. The zero-order valence-corrected chi connectivity index (χ0v) is 13.4. The van der Waals surface area contributed by atoms with E-state index in [-0.39, 0.29) is 0 Å². The molecule has 0 aliphatic carbocycles. The minimum Gasteiger partial charge on any atom is -0.384 e. The Morgan fingerprint density at radius 3 is 2.81 bits per heavy atom. The number of rotatable bonds is 2. The SMILES string of the molecule is CC[C@@H]1CN2CC[C@@]3(CNc4ccccc43)[C@@H]2C[C@@H]1CC. The van der Waals surface area contributed by atoms with E-state index in [1.165, 1.54) is 44.5 Å². The normalized spacial score (nSPS) is 38.3. The summed E-state index contributed by atoms with van der Waals surface area (Å²) in [5.74, 6) is 1.85. The first-order chi connectivity index (χ1) is 10.3. The summed E-state index contributed by atoms with van der Waals surface area (Å²) in [4.78, 5) is 2.82. The first kappa shape index (κ1) is 13.6. The largest absolute Gasteiger partial charge is 0.384 e. The van der Waals surface area contributed by atoms with Crippen molar-refractivity contribution < 1.29 is 0 Å². The van der Waals surface area contributed by atoms with Crippen LogP contribution in [0.15, 0.2) is 24.3 Å². The quantitative estimate of drug-likeness (QED) is 0.886. The predicted octanol–water partition coefficient (Wildman–Crippen LogP) is 3.88. The van der Waals surface area contributed by atoms with Crippen LogP contribution in [0.2, 0.25) is 0 Å². The van der Waals surface area contributed by atoms with Crippen molar-refractivity contribution in [3.8, 4) is 0 Å². The third kappa shape index (κ3) is 1.88. The fourth-order valence-electron chi connectivity index (χ4n) is 5.44. The maximum Gasteiger partial charge on any atom is 0.0380 e. The highest BCUT2D eigenvalue weighted by Crippen LogP contribution is 2.51. The second kappa shape index (κ2) is 5.01. The molecule has 0 saturated carbocycles. The predicted molar refractivity (Wildman–Crippen MR) is 88.8 cm³/mol. The van der Waals surface area contributed by atoms with E-state index in [0.717, 1.165) is 24.4 Å². The van der Waals surface area contributed by atoms with Gasteiger partial charge < -0.3 is 5.32 Å². The number of hydrogen-bond donors (Lipinski definition) is 1. The van der Waals surface area contributed by atoms with Gasteiger partial charge in [0.2, 0.25) is 0 Å². The van der Waals surface area contributed by atoms with E-state index >= 15 is 0 Å². The van der Waals surface area contributed by atoms with Gasteiger partial charge in [0.15, 0.2) is 0 Å². The van der Waals surface area contributed by atoms with Gasteiger partial charge in [-0.3, -0.25) is 4.90 Å². The molecule has 3 heterocycles. The van der Waals surface area contributed by atoms with Gasteiger partial charge in [-0.25, -0.2) is 0 Å². The molecular formula is C19H28N2. The van der Waals surface area contributed by atoms with Gasteiger partial charge >= 0.3 is 0 Å². The lowest BCUT2D eigenvalue weighted by Gasteiger charge is -2.45. The molecule has 0 bridgehead atoms. The lowest BCUT2D eigenvalue weighted by molar-refractivity contribution is 0.0665. The third-order valence-corrected chi connectivity index (χ3v) is 6.69. The molecule has 114 valence electrons. The Bertz CT molecular complexity index is 526. The molecule has 1 N–H and O–H groups in total. The van der Waals surface area contributed by atoms with Crippen molar-refractivity contribution in [1.29, 1.82) is 0 Å².